The van der Waals surface area contributed by atoms with Crippen LogP contribution in [0.3, 0.4) is 0 Å². The average molecular weight is 171 g/mol. The van der Waals surface area contributed by atoms with Gasteiger partial charge in [0.05, 0.1) is 6.61 Å². The van der Waals surface area contributed by atoms with Crippen molar-refractivity contribution >= 4 is 5.91 Å². The molecular weight excluding hydrogens is 154 g/mol. The number of aliphatic hydroxyl groups excluding tert-OH is 1. The molecule has 1 atom stereocenters. The van der Waals surface area contributed by atoms with E-state index in [1.807, 2.05) is 18.7 Å². The predicted octanol–water partition coefficient (Wildman–Crippen LogP) is 0.627. The van der Waals surface area contributed by atoms with Crippen LogP contribution < -0.4 is 0 Å². The van der Waals surface area contributed by atoms with E-state index in [4.69, 9.17) is 5.11 Å². The number of carbonyl (C=O) groups excluding carboxylic acids is 1. The molecule has 0 saturated carbocycles. The number of likely N-dealkylation sites (tertiary alicyclic amines) is 1. The lowest BCUT2D eigenvalue weighted by Gasteiger charge is -2.21. The van der Waals surface area contributed by atoms with Crippen molar-refractivity contribution in [2.45, 2.75) is 26.7 Å². The van der Waals surface area contributed by atoms with Gasteiger partial charge in [0.15, 0.2) is 0 Å². The summed E-state index contributed by atoms with van der Waals surface area (Å²) in [6.45, 7) is 5.60. The van der Waals surface area contributed by atoms with E-state index in [0.29, 0.717) is 6.42 Å². The van der Waals surface area contributed by atoms with Crippen LogP contribution in [-0.4, -0.2) is 35.6 Å². The molecule has 0 aromatic carbocycles. The van der Waals surface area contributed by atoms with E-state index in [1.54, 1.807) is 0 Å². The lowest BCUT2D eigenvalue weighted by atomic mass is 9.91. The molecule has 1 aliphatic rings. The first kappa shape index (κ1) is 9.52. The van der Waals surface area contributed by atoms with Gasteiger partial charge in [0.2, 0.25) is 5.91 Å². The zero-order valence-electron chi connectivity index (χ0n) is 7.84. The number of aliphatic hydroxyl groups is 1. The Balaban J connectivity index is 2.50. The number of rotatable bonds is 2. The molecule has 1 fully saturated rings. The molecule has 0 spiro atoms. The molecule has 0 aromatic rings. The molecule has 12 heavy (non-hydrogen) atoms. The molecule has 0 aromatic heterocycles. The Morgan fingerprint density at radius 3 is 2.75 bits per heavy atom. The third-order valence-electron chi connectivity index (χ3n) is 2.59. The van der Waals surface area contributed by atoms with E-state index in [2.05, 4.69) is 0 Å². The molecule has 1 rings (SSSR count). The Bertz CT molecular complexity index is 181. The van der Waals surface area contributed by atoms with Crippen molar-refractivity contribution < 1.29 is 9.90 Å². The number of nitrogens with zero attached hydrogens (tertiary/aromatic N) is 1. The second-order valence-electron chi connectivity index (χ2n) is 3.89. The van der Waals surface area contributed by atoms with Gasteiger partial charge in [0.1, 0.15) is 0 Å². The molecule has 3 nitrogen and oxygen atoms in total. The lowest BCUT2D eigenvalue weighted by molar-refractivity contribution is -0.130. The maximum absolute atomic E-state index is 11.3. The van der Waals surface area contributed by atoms with E-state index >= 15 is 0 Å². The third-order valence-corrected chi connectivity index (χ3v) is 2.59. The molecule has 1 unspecified atom stereocenters. The normalized spacial score (nSPS) is 29.4. The highest BCUT2D eigenvalue weighted by Gasteiger charge is 2.34. The average Bonchev–Trinajstić information content (AvgIpc) is 2.48. The Kier molecular flexibility index (Phi) is 2.73. The van der Waals surface area contributed by atoms with Crippen molar-refractivity contribution in [3.63, 3.8) is 0 Å². The Morgan fingerprint density at radius 2 is 2.33 bits per heavy atom. The molecule has 0 bridgehead atoms. The summed E-state index contributed by atoms with van der Waals surface area (Å²) in [7, 11) is 0. The van der Waals surface area contributed by atoms with Gasteiger partial charge in [0.25, 0.3) is 0 Å². The first-order chi connectivity index (χ1) is 5.61. The minimum absolute atomic E-state index is 0.0508. The summed E-state index contributed by atoms with van der Waals surface area (Å²) in [5, 5.41) is 9.06. The summed E-state index contributed by atoms with van der Waals surface area (Å²) in [5.74, 6) is 0.201. The SMILES string of the molecule is CCC(=O)N1CCC(C)(CO)C1. The van der Waals surface area contributed by atoms with Gasteiger partial charge in [0, 0.05) is 24.9 Å². The van der Waals surface area contributed by atoms with Gasteiger partial charge >= 0.3 is 0 Å². The number of carbonyl (C=O) groups is 1. The van der Waals surface area contributed by atoms with Crippen LogP contribution in [0.15, 0.2) is 0 Å². The van der Waals surface area contributed by atoms with Crippen molar-refractivity contribution in [1.29, 1.82) is 0 Å². The van der Waals surface area contributed by atoms with E-state index in [-0.39, 0.29) is 17.9 Å². The zero-order chi connectivity index (χ0) is 9.19. The van der Waals surface area contributed by atoms with Gasteiger partial charge in [-0.1, -0.05) is 13.8 Å². The van der Waals surface area contributed by atoms with Crippen LogP contribution in [0.5, 0.6) is 0 Å². The number of amides is 1. The van der Waals surface area contributed by atoms with Crippen LogP contribution in [0.4, 0.5) is 0 Å². The minimum Gasteiger partial charge on any atom is -0.396 e. The van der Waals surface area contributed by atoms with Crippen LogP contribution in [-0.2, 0) is 4.79 Å². The maximum Gasteiger partial charge on any atom is 0.222 e. The fraction of sp³-hybridized carbons (Fsp3) is 0.889. The molecule has 0 radical (unpaired) electrons. The smallest absolute Gasteiger partial charge is 0.222 e. The van der Waals surface area contributed by atoms with Gasteiger partial charge in [-0.2, -0.15) is 0 Å². The molecule has 1 aliphatic heterocycles. The van der Waals surface area contributed by atoms with Gasteiger partial charge in [-0.05, 0) is 6.42 Å². The fourth-order valence-corrected chi connectivity index (χ4v) is 1.59. The van der Waals surface area contributed by atoms with Crippen LogP contribution in [0.2, 0.25) is 0 Å². The van der Waals surface area contributed by atoms with E-state index < -0.39 is 0 Å². The van der Waals surface area contributed by atoms with Gasteiger partial charge < -0.3 is 10.0 Å². The summed E-state index contributed by atoms with van der Waals surface area (Å²) in [6.07, 6.45) is 1.50. The second-order valence-corrected chi connectivity index (χ2v) is 3.89. The van der Waals surface area contributed by atoms with Crippen molar-refractivity contribution in [2.75, 3.05) is 19.7 Å². The Morgan fingerprint density at radius 1 is 1.67 bits per heavy atom. The molecule has 1 amide bonds. The van der Waals surface area contributed by atoms with Gasteiger partial charge in [-0.3, -0.25) is 4.79 Å². The zero-order valence-corrected chi connectivity index (χ0v) is 7.84. The van der Waals surface area contributed by atoms with Crippen molar-refractivity contribution in [3.05, 3.63) is 0 Å². The standard InChI is InChI=1S/C9H17NO2/c1-3-8(12)10-5-4-9(2,6-10)7-11/h11H,3-7H2,1-2H3. The van der Waals surface area contributed by atoms with Crippen molar-refractivity contribution in [1.82, 2.24) is 4.90 Å². The predicted molar refractivity (Wildman–Crippen MR) is 46.7 cm³/mol. The molecule has 1 N–H and O–H groups in total. The lowest BCUT2D eigenvalue weighted by Crippen LogP contribution is -2.31. The second kappa shape index (κ2) is 3.44. The highest BCUT2D eigenvalue weighted by molar-refractivity contribution is 5.76. The highest BCUT2D eigenvalue weighted by atomic mass is 16.3. The van der Waals surface area contributed by atoms with Crippen LogP contribution in [0, 0.1) is 5.41 Å². The largest absolute Gasteiger partial charge is 0.396 e. The monoisotopic (exact) mass is 171 g/mol. The summed E-state index contributed by atoms with van der Waals surface area (Å²) >= 11 is 0. The Hall–Kier alpha value is -0.570. The molecule has 1 saturated heterocycles. The topological polar surface area (TPSA) is 40.5 Å². The van der Waals surface area contributed by atoms with E-state index in [0.717, 1.165) is 19.5 Å². The molecule has 1 heterocycles. The highest BCUT2D eigenvalue weighted by Crippen LogP contribution is 2.29. The van der Waals surface area contributed by atoms with Crippen molar-refractivity contribution in [2.24, 2.45) is 5.41 Å². The molecule has 70 valence electrons. The Labute approximate surface area is 73.4 Å². The third kappa shape index (κ3) is 1.78. The first-order valence-electron chi connectivity index (χ1n) is 4.50. The fourth-order valence-electron chi connectivity index (χ4n) is 1.59. The summed E-state index contributed by atoms with van der Waals surface area (Å²) in [5.41, 5.74) is -0.0508. The first-order valence-corrected chi connectivity index (χ1v) is 4.50. The number of hydrogen-bond acceptors (Lipinski definition) is 2. The summed E-state index contributed by atoms with van der Waals surface area (Å²) in [4.78, 5) is 13.1. The quantitative estimate of drug-likeness (QED) is 0.662. The van der Waals surface area contributed by atoms with Crippen LogP contribution >= 0.6 is 0 Å². The minimum atomic E-state index is -0.0508. The summed E-state index contributed by atoms with van der Waals surface area (Å²) < 4.78 is 0. The van der Waals surface area contributed by atoms with E-state index in [9.17, 15) is 4.79 Å². The molecule has 0 aliphatic carbocycles. The van der Waals surface area contributed by atoms with Crippen LogP contribution in [0.25, 0.3) is 0 Å². The summed E-state index contributed by atoms with van der Waals surface area (Å²) in [6, 6.07) is 0. The van der Waals surface area contributed by atoms with Gasteiger partial charge in [-0.25, -0.2) is 0 Å². The van der Waals surface area contributed by atoms with Gasteiger partial charge in [-0.15, -0.1) is 0 Å². The number of hydrogen-bond donors (Lipinski definition) is 1. The van der Waals surface area contributed by atoms with E-state index in [1.165, 1.54) is 0 Å². The molecule has 3 heteroatoms. The molecular formula is C9H17NO2. The van der Waals surface area contributed by atoms with Crippen LogP contribution in [0.1, 0.15) is 26.7 Å². The maximum atomic E-state index is 11.3. The van der Waals surface area contributed by atoms with Crippen molar-refractivity contribution in [3.8, 4) is 0 Å².